The molecule has 0 N–H and O–H groups in total. The van der Waals surface area contributed by atoms with Crippen LogP contribution in [0.4, 0.5) is 0 Å². The van der Waals surface area contributed by atoms with Gasteiger partial charge in [-0.1, -0.05) is 152 Å². The van der Waals surface area contributed by atoms with Crippen LogP contribution >= 0.6 is 8.60 Å². The lowest BCUT2D eigenvalue weighted by Gasteiger charge is -2.32. The number of unbranched alkanes of at least 4 members (excludes halogenated alkanes) is 5. The van der Waals surface area contributed by atoms with Gasteiger partial charge in [0.2, 0.25) is 0 Å². The average molecular weight is 585 g/mol. The molecular formula is C37H61O3P. The Balaban J connectivity index is 2.54. The quantitative estimate of drug-likeness (QED) is 0.183. The van der Waals surface area contributed by atoms with Gasteiger partial charge >= 0.3 is 8.60 Å². The van der Waals surface area contributed by atoms with Gasteiger partial charge in [-0.3, -0.25) is 4.52 Å². The first-order chi connectivity index (χ1) is 18.7. The molecule has 0 aliphatic carbocycles. The van der Waals surface area contributed by atoms with Crippen LogP contribution in [0.3, 0.4) is 0 Å². The van der Waals surface area contributed by atoms with Gasteiger partial charge in [0.05, 0.1) is 6.61 Å². The molecule has 232 valence electrons. The van der Waals surface area contributed by atoms with Crippen LogP contribution in [0.5, 0.6) is 11.5 Å². The van der Waals surface area contributed by atoms with Crippen LogP contribution < -0.4 is 9.05 Å². The van der Waals surface area contributed by atoms with E-state index in [4.69, 9.17) is 13.6 Å². The van der Waals surface area contributed by atoms with Gasteiger partial charge in [-0.25, -0.2) is 0 Å². The Morgan fingerprint density at radius 3 is 1.59 bits per heavy atom. The summed E-state index contributed by atoms with van der Waals surface area (Å²) in [6, 6.07) is 11.2. The van der Waals surface area contributed by atoms with Crippen molar-refractivity contribution in [2.24, 2.45) is 0 Å². The summed E-state index contributed by atoms with van der Waals surface area (Å²) in [7, 11) is -1.68. The minimum Gasteiger partial charge on any atom is -0.417 e. The zero-order valence-electron chi connectivity index (χ0n) is 29.0. The van der Waals surface area contributed by atoms with Crippen LogP contribution in [0.15, 0.2) is 30.3 Å². The Morgan fingerprint density at radius 2 is 1.10 bits per heavy atom. The van der Waals surface area contributed by atoms with Crippen LogP contribution in [0.2, 0.25) is 0 Å². The lowest BCUT2D eigenvalue weighted by atomic mass is 9.78. The van der Waals surface area contributed by atoms with Gasteiger partial charge in [-0.15, -0.1) is 0 Å². The SMILES string of the molecule is CCCCCCCCOP(Oc1ccc(C(C)(C)C)cc1C(C)(C)C)Oc1c(C(C)(C)C)cc(C)cc1C(C)(C)C. The third-order valence-electron chi connectivity index (χ3n) is 7.54. The van der Waals surface area contributed by atoms with Crippen LogP contribution in [-0.4, -0.2) is 6.61 Å². The minimum absolute atomic E-state index is 0.0547. The number of hydrogen-bond donors (Lipinski definition) is 0. The molecule has 0 aliphatic rings. The van der Waals surface area contributed by atoms with E-state index in [0.29, 0.717) is 6.61 Å². The number of benzene rings is 2. The molecule has 0 bridgehead atoms. The third-order valence-corrected chi connectivity index (χ3v) is 8.61. The predicted octanol–water partition coefficient (Wildman–Crippen LogP) is 12.2. The molecule has 41 heavy (non-hydrogen) atoms. The number of aryl methyl sites for hydroxylation is 1. The second-order valence-corrected chi connectivity index (χ2v) is 17.0. The largest absolute Gasteiger partial charge is 0.463 e. The third kappa shape index (κ3) is 10.9. The van der Waals surface area contributed by atoms with Crippen molar-refractivity contribution in [1.82, 2.24) is 0 Å². The molecule has 0 spiro atoms. The van der Waals surface area contributed by atoms with Crippen molar-refractivity contribution in [2.75, 3.05) is 6.61 Å². The fourth-order valence-electron chi connectivity index (χ4n) is 4.90. The van der Waals surface area contributed by atoms with Gasteiger partial charge in [0, 0.05) is 16.7 Å². The van der Waals surface area contributed by atoms with Gasteiger partial charge in [0.15, 0.2) is 0 Å². The molecule has 1 unspecified atom stereocenters. The number of rotatable bonds is 12. The summed E-state index contributed by atoms with van der Waals surface area (Å²) in [6.07, 6.45) is 7.28. The highest BCUT2D eigenvalue weighted by molar-refractivity contribution is 7.42. The lowest BCUT2D eigenvalue weighted by Crippen LogP contribution is -2.20. The molecule has 0 aliphatic heterocycles. The molecule has 1 atom stereocenters. The molecular weight excluding hydrogens is 523 g/mol. The first kappa shape index (κ1) is 35.6. The Hall–Kier alpha value is -1.57. The molecule has 3 nitrogen and oxygen atoms in total. The van der Waals surface area contributed by atoms with Crippen molar-refractivity contribution < 1.29 is 13.6 Å². The first-order valence-corrected chi connectivity index (χ1v) is 16.9. The molecule has 4 heteroatoms. The molecule has 0 heterocycles. The standard InChI is InChI=1S/C37H61O3P/c1-15-16-17-18-19-20-23-38-41(39-32-22-21-28(34(3,4)5)26-29(32)35(6,7)8)40-33-30(36(9,10)11)24-27(2)25-31(33)37(12,13)14/h21-22,24-26H,15-20,23H2,1-14H3. The topological polar surface area (TPSA) is 27.7 Å². The van der Waals surface area contributed by atoms with E-state index >= 15 is 0 Å². The first-order valence-electron chi connectivity index (χ1n) is 15.8. The highest BCUT2D eigenvalue weighted by Gasteiger charge is 2.32. The smallest absolute Gasteiger partial charge is 0.417 e. The van der Waals surface area contributed by atoms with Gasteiger partial charge < -0.3 is 9.05 Å². The minimum atomic E-state index is -1.68. The predicted molar refractivity (Wildman–Crippen MR) is 180 cm³/mol. The highest BCUT2D eigenvalue weighted by Crippen LogP contribution is 2.50. The van der Waals surface area contributed by atoms with E-state index in [2.05, 4.69) is 127 Å². The second-order valence-electron chi connectivity index (χ2n) is 15.9. The Bertz CT molecular complexity index is 1070. The van der Waals surface area contributed by atoms with Crippen molar-refractivity contribution in [3.05, 3.63) is 58.1 Å². The monoisotopic (exact) mass is 584 g/mol. The van der Waals surface area contributed by atoms with Gasteiger partial charge in [0.25, 0.3) is 0 Å². The molecule has 0 aromatic heterocycles. The summed E-state index contributed by atoms with van der Waals surface area (Å²) in [4.78, 5) is 0. The van der Waals surface area contributed by atoms with Crippen LogP contribution in [0, 0.1) is 6.92 Å². The second kappa shape index (κ2) is 14.3. The molecule has 0 fully saturated rings. The van der Waals surface area contributed by atoms with Gasteiger partial charge in [-0.05, 0) is 46.6 Å². The molecule has 2 rings (SSSR count). The van der Waals surface area contributed by atoms with Crippen LogP contribution in [0.25, 0.3) is 0 Å². The summed E-state index contributed by atoms with van der Waals surface area (Å²) in [6.45, 7) is 32.1. The van der Waals surface area contributed by atoms with E-state index in [0.717, 1.165) is 17.9 Å². The Morgan fingerprint density at radius 1 is 0.585 bits per heavy atom. The fraction of sp³-hybridized carbons (Fsp3) is 0.676. The normalized spacial score (nSPS) is 13.8. The van der Waals surface area contributed by atoms with Crippen molar-refractivity contribution in [2.45, 2.75) is 157 Å². The van der Waals surface area contributed by atoms with Crippen molar-refractivity contribution >= 4 is 8.60 Å². The van der Waals surface area contributed by atoms with E-state index in [9.17, 15) is 0 Å². The van der Waals surface area contributed by atoms with Crippen molar-refractivity contribution in [3.63, 3.8) is 0 Å². The maximum Gasteiger partial charge on any atom is 0.463 e. The molecule has 0 amide bonds. The summed E-state index contributed by atoms with van der Waals surface area (Å²) in [5.74, 6) is 1.76. The van der Waals surface area contributed by atoms with Gasteiger partial charge in [-0.2, -0.15) is 0 Å². The molecule has 2 aromatic carbocycles. The fourth-order valence-corrected chi connectivity index (χ4v) is 5.98. The number of hydrogen-bond acceptors (Lipinski definition) is 3. The Kier molecular flexibility index (Phi) is 12.4. The van der Waals surface area contributed by atoms with Crippen molar-refractivity contribution in [3.8, 4) is 11.5 Å². The Labute approximate surface area is 255 Å². The summed E-state index contributed by atoms with van der Waals surface area (Å²) in [5, 5.41) is 0. The summed E-state index contributed by atoms with van der Waals surface area (Å²) < 4.78 is 20.2. The average Bonchev–Trinajstić information content (AvgIpc) is 2.81. The van der Waals surface area contributed by atoms with E-state index in [1.165, 1.54) is 59.9 Å². The molecule has 0 radical (unpaired) electrons. The highest BCUT2D eigenvalue weighted by atomic mass is 31.2. The zero-order valence-corrected chi connectivity index (χ0v) is 29.9. The van der Waals surface area contributed by atoms with E-state index in [1.807, 2.05) is 0 Å². The van der Waals surface area contributed by atoms with Crippen LogP contribution in [0.1, 0.15) is 156 Å². The molecule has 0 saturated heterocycles. The van der Waals surface area contributed by atoms with E-state index in [1.54, 1.807) is 0 Å². The van der Waals surface area contributed by atoms with E-state index in [-0.39, 0.29) is 21.7 Å². The molecule has 0 saturated carbocycles. The van der Waals surface area contributed by atoms with Gasteiger partial charge in [0.1, 0.15) is 11.5 Å². The van der Waals surface area contributed by atoms with Crippen LogP contribution in [-0.2, 0) is 26.2 Å². The van der Waals surface area contributed by atoms with E-state index < -0.39 is 8.60 Å². The van der Waals surface area contributed by atoms with Crippen molar-refractivity contribution in [1.29, 1.82) is 0 Å². The maximum absolute atomic E-state index is 6.92. The lowest BCUT2D eigenvalue weighted by molar-refractivity contribution is 0.254. The maximum atomic E-state index is 6.92. The molecule has 2 aromatic rings. The zero-order chi connectivity index (χ0) is 31.2. The summed E-state index contributed by atoms with van der Waals surface area (Å²) in [5.41, 5.74) is 5.91. The summed E-state index contributed by atoms with van der Waals surface area (Å²) >= 11 is 0.